The van der Waals surface area contributed by atoms with Gasteiger partial charge in [-0.05, 0) is 72.2 Å². The average Bonchev–Trinajstić information content (AvgIpc) is 3.77. The van der Waals surface area contributed by atoms with Gasteiger partial charge >= 0.3 is 0 Å². The number of aryl methyl sites for hydroxylation is 1. The molecule has 1 saturated carbocycles. The van der Waals surface area contributed by atoms with E-state index in [-0.39, 0.29) is 17.5 Å². The summed E-state index contributed by atoms with van der Waals surface area (Å²) in [6, 6.07) is 22.5. The molecule has 2 heterocycles. The zero-order valence-electron chi connectivity index (χ0n) is 21.2. The molecule has 1 amide bonds. The maximum atomic E-state index is 13.5. The number of amides is 1. The van der Waals surface area contributed by atoms with Crippen molar-refractivity contribution in [2.75, 3.05) is 6.54 Å². The van der Waals surface area contributed by atoms with Crippen LogP contribution in [0.15, 0.2) is 77.6 Å². The molecule has 1 aliphatic heterocycles. The fourth-order valence-corrected chi connectivity index (χ4v) is 6.03. The predicted molar refractivity (Wildman–Crippen MR) is 152 cm³/mol. The molecule has 2 N–H and O–H groups in total. The number of rotatable bonds is 5. The number of aliphatic hydroxyl groups excluding tert-OH is 1. The Morgan fingerprint density at radius 1 is 0.974 bits per heavy atom. The molecule has 0 saturated heterocycles. The molecule has 6 nitrogen and oxygen atoms in total. The van der Waals surface area contributed by atoms with E-state index in [1.54, 1.807) is 41.3 Å². The van der Waals surface area contributed by atoms with Crippen molar-refractivity contribution in [2.45, 2.75) is 43.7 Å². The number of aromatic amines is 1. The lowest BCUT2D eigenvalue weighted by molar-refractivity contribution is -0.141. The molecule has 8 heteroatoms. The summed E-state index contributed by atoms with van der Waals surface area (Å²) in [7, 11) is 0. The molecule has 3 aromatic carbocycles. The number of benzene rings is 3. The number of aliphatic hydroxyl groups is 1. The van der Waals surface area contributed by atoms with Gasteiger partial charge in [-0.2, -0.15) is 0 Å². The van der Waals surface area contributed by atoms with Crippen molar-refractivity contribution in [3.8, 4) is 11.1 Å². The third-order valence-corrected chi connectivity index (χ3v) is 8.20. The fraction of sp³-hybridized carbons (Fsp3) is 0.258. The van der Waals surface area contributed by atoms with Crippen molar-refractivity contribution in [3.63, 3.8) is 0 Å². The van der Waals surface area contributed by atoms with Crippen LogP contribution in [0.1, 0.15) is 53.6 Å². The van der Waals surface area contributed by atoms with Gasteiger partial charge in [0.15, 0.2) is 6.10 Å². The zero-order valence-corrected chi connectivity index (χ0v) is 22.7. The third-order valence-electron chi connectivity index (χ3n) is 7.77. The first-order valence-electron chi connectivity index (χ1n) is 13.1. The van der Waals surface area contributed by atoms with Crippen LogP contribution in [0.2, 0.25) is 10.0 Å². The number of hydrogen-bond acceptors (Lipinski definition) is 4. The number of H-pyrrole nitrogens is 1. The Kier molecular flexibility index (Phi) is 6.79. The molecule has 2 aliphatic rings. The van der Waals surface area contributed by atoms with E-state index >= 15 is 0 Å². The topological polar surface area (TPSA) is 86.3 Å². The largest absolute Gasteiger partial charge is 0.378 e. The van der Waals surface area contributed by atoms with E-state index in [0.29, 0.717) is 46.4 Å². The molecule has 6 rings (SSSR count). The molecular weight excluding hydrogens is 533 g/mol. The van der Waals surface area contributed by atoms with Gasteiger partial charge in [0, 0.05) is 16.6 Å². The van der Waals surface area contributed by atoms with E-state index < -0.39 is 12.0 Å². The molecule has 39 heavy (non-hydrogen) atoms. The van der Waals surface area contributed by atoms with Crippen LogP contribution >= 0.6 is 23.2 Å². The minimum atomic E-state index is -1.37. The smallest absolute Gasteiger partial charge is 0.256 e. The summed E-state index contributed by atoms with van der Waals surface area (Å²) >= 11 is 12.3. The number of carbonyl (C=O) groups excluding carboxylic acids is 1. The van der Waals surface area contributed by atoms with E-state index in [2.05, 4.69) is 17.1 Å². The van der Waals surface area contributed by atoms with Crippen LogP contribution in [0, 0.1) is 0 Å². The number of fused-ring (bicyclic) bond motifs is 1. The van der Waals surface area contributed by atoms with Crippen LogP contribution in [0.5, 0.6) is 0 Å². The first kappa shape index (κ1) is 25.8. The van der Waals surface area contributed by atoms with Gasteiger partial charge in [0.25, 0.3) is 11.5 Å². The molecule has 0 unspecified atom stereocenters. The van der Waals surface area contributed by atoms with E-state index in [4.69, 9.17) is 28.2 Å². The molecule has 4 aromatic rings. The number of aromatic nitrogens is 2. The Bertz CT molecular complexity index is 1600. The summed E-state index contributed by atoms with van der Waals surface area (Å²) in [6.07, 6.45) is 1.76. The highest BCUT2D eigenvalue weighted by atomic mass is 35.5. The Balaban J connectivity index is 1.25. The SMILES string of the molecule is O=C([C@H](O)c1cccc(-c2cc(Cl)cc(Cl)c2)c1)N1CCCc2nc(C3(c4ccccc4)CC3)[nH]c(=O)c2C1. The van der Waals surface area contributed by atoms with Gasteiger partial charge in [0.05, 0.1) is 23.2 Å². The standard InChI is InChI=1S/C31H27Cl2N3O3/c32-23-15-21(16-24(33)17-23)19-6-4-7-20(14-19)27(37)29(39)36-13-5-10-26-25(18-36)28(38)35-30(34-26)31(11-12-31)22-8-2-1-3-9-22/h1-4,6-9,14-17,27,37H,5,10-13,18H2,(H,34,35,38)/t27-/m1/s1. The summed E-state index contributed by atoms with van der Waals surface area (Å²) in [5.74, 6) is 0.255. The van der Waals surface area contributed by atoms with Gasteiger partial charge in [0.2, 0.25) is 0 Å². The van der Waals surface area contributed by atoms with Crippen LogP contribution in [0.25, 0.3) is 11.1 Å². The summed E-state index contributed by atoms with van der Waals surface area (Å²) in [5, 5.41) is 12.1. The minimum absolute atomic E-state index is 0.107. The van der Waals surface area contributed by atoms with Crippen LogP contribution in [0.3, 0.4) is 0 Å². The van der Waals surface area contributed by atoms with Crippen LogP contribution < -0.4 is 5.56 Å². The second kappa shape index (κ2) is 10.3. The summed E-state index contributed by atoms with van der Waals surface area (Å²) < 4.78 is 0. The summed E-state index contributed by atoms with van der Waals surface area (Å²) in [4.78, 5) is 36.3. The Hall–Kier alpha value is -3.45. The molecule has 0 bridgehead atoms. The molecule has 198 valence electrons. The number of hydrogen-bond donors (Lipinski definition) is 2. The van der Waals surface area contributed by atoms with E-state index in [0.717, 1.165) is 35.2 Å². The highest BCUT2D eigenvalue weighted by Crippen LogP contribution is 2.52. The van der Waals surface area contributed by atoms with Crippen LogP contribution in [-0.2, 0) is 23.2 Å². The molecular formula is C31H27Cl2N3O3. The van der Waals surface area contributed by atoms with Crippen molar-refractivity contribution in [1.82, 2.24) is 14.9 Å². The highest BCUT2D eigenvalue weighted by molar-refractivity contribution is 6.35. The molecule has 1 atom stereocenters. The normalized spacial score (nSPS) is 16.7. The molecule has 1 fully saturated rings. The molecule has 0 radical (unpaired) electrons. The maximum Gasteiger partial charge on any atom is 0.256 e. The van der Waals surface area contributed by atoms with Crippen molar-refractivity contribution in [2.24, 2.45) is 0 Å². The van der Waals surface area contributed by atoms with Gasteiger partial charge in [-0.3, -0.25) is 9.59 Å². The lowest BCUT2D eigenvalue weighted by atomic mass is 9.94. The fourth-order valence-electron chi connectivity index (χ4n) is 5.51. The summed E-state index contributed by atoms with van der Waals surface area (Å²) in [6.45, 7) is 0.532. The Labute approximate surface area is 236 Å². The van der Waals surface area contributed by atoms with Gasteiger partial charge < -0.3 is 15.0 Å². The number of nitrogens with one attached hydrogen (secondary N) is 1. The van der Waals surface area contributed by atoms with Crippen LogP contribution in [-0.4, -0.2) is 32.4 Å². The lowest BCUT2D eigenvalue weighted by Crippen LogP contribution is -2.36. The highest BCUT2D eigenvalue weighted by Gasteiger charge is 2.48. The number of carbonyl (C=O) groups is 1. The molecule has 0 spiro atoms. The van der Waals surface area contributed by atoms with Gasteiger partial charge in [-0.25, -0.2) is 4.98 Å². The zero-order chi connectivity index (χ0) is 27.1. The van der Waals surface area contributed by atoms with Crippen molar-refractivity contribution < 1.29 is 9.90 Å². The van der Waals surface area contributed by atoms with E-state index in [1.165, 1.54) is 0 Å². The monoisotopic (exact) mass is 559 g/mol. The first-order chi connectivity index (χ1) is 18.8. The number of halogens is 2. The molecule has 1 aromatic heterocycles. The Morgan fingerprint density at radius 2 is 1.72 bits per heavy atom. The van der Waals surface area contributed by atoms with Gasteiger partial charge in [-0.15, -0.1) is 0 Å². The van der Waals surface area contributed by atoms with E-state index in [9.17, 15) is 14.7 Å². The Morgan fingerprint density at radius 3 is 2.44 bits per heavy atom. The van der Waals surface area contributed by atoms with Crippen molar-refractivity contribution >= 4 is 29.1 Å². The van der Waals surface area contributed by atoms with Gasteiger partial charge in [-0.1, -0.05) is 71.7 Å². The second-order valence-corrected chi connectivity index (χ2v) is 11.2. The first-order valence-corrected chi connectivity index (χ1v) is 13.8. The third kappa shape index (κ3) is 5.00. The second-order valence-electron chi connectivity index (χ2n) is 10.3. The van der Waals surface area contributed by atoms with Gasteiger partial charge in [0.1, 0.15) is 5.82 Å². The average molecular weight is 560 g/mol. The van der Waals surface area contributed by atoms with Crippen molar-refractivity contribution in [1.29, 1.82) is 0 Å². The van der Waals surface area contributed by atoms with Crippen LogP contribution in [0.4, 0.5) is 0 Å². The quantitative estimate of drug-likeness (QED) is 0.322. The van der Waals surface area contributed by atoms with E-state index in [1.807, 2.05) is 24.3 Å². The van der Waals surface area contributed by atoms with Crippen molar-refractivity contribution in [3.05, 3.63) is 121 Å². The number of nitrogens with zero attached hydrogens (tertiary/aromatic N) is 2. The minimum Gasteiger partial charge on any atom is -0.378 e. The predicted octanol–water partition coefficient (Wildman–Crippen LogP) is 5.83. The molecule has 1 aliphatic carbocycles. The summed E-state index contributed by atoms with van der Waals surface area (Å²) in [5.41, 5.74) is 3.95. The lowest BCUT2D eigenvalue weighted by Gasteiger charge is -2.24. The maximum absolute atomic E-state index is 13.5.